The first-order valence-corrected chi connectivity index (χ1v) is 10.2. The van der Waals surface area contributed by atoms with E-state index in [1.165, 1.54) is 11.3 Å². The summed E-state index contributed by atoms with van der Waals surface area (Å²) >= 11 is 1.48. The van der Waals surface area contributed by atoms with Gasteiger partial charge in [0.1, 0.15) is 10.6 Å². The van der Waals surface area contributed by atoms with Crippen molar-refractivity contribution in [2.45, 2.75) is 6.92 Å². The molecule has 0 unspecified atom stereocenters. The highest BCUT2D eigenvalue weighted by molar-refractivity contribution is 7.14. The number of ether oxygens (including phenoxy) is 1. The van der Waals surface area contributed by atoms with Gasteiger partial charge >= 0.3 is 0 Å². The zero-order valence-electron chi connectivity index (χ0n) is 16.1. The quantitative estimate of drug-likeness (QED) is 0.670. The lowest BCUT2D eigenvalue weighted by atomic mass is 10.1. The molecule has 6 heteroatoms. The molecule has 1 fully saturated rings. The van der Waals surface area contributed by atoms with Crippen LogP contribution in [0.3, 0.4) is 0 Å². The minimum atomic E-state index is 0.0733. The molecule has 0 bridgehead atoms. The minimum absolute atomic E-state index is 0.0733. The predicted molar refractivity (Wildman–Crippen MR) is 113 cm³/mol. The van der Waals surface area contributed by atoms with E-state index in [0.717, 1.165) is 45.7 Å². The molecule has 0 radical (unpaired) electrons. The van der Waals surface area contributed by atoms with E-state index in [4.69, 9.17) is 4.74 Å². The number of piperazine rings is 1. The molecule has 0 spiro atoms. The van der Waals surface area contributed by atoms with E-state index in [1.54, 1.807) is 7.11 Å². The molecule has 2 aromatic carbocycles. The number of hydrogen-bond donors (Lipinski definition) is 0. The summed E-state index contributed by atoms with van der Waals surface area (Å²) in [5, 5.41) is 0.912. The highest BCUT2D eigenvalue weighted by Gasteiger charge is 2.27. The van der Waals surface area contributed by atoms with Crippen molar-refractivity contribution < 1.29 is 9.53 Å². The van der Waals surface area contributed by atoms with Crippen LogP contribution in [0.1, 0.15) is 14.7 Å². The second kappa shape index (κ2) is 8.02. The Kier molecular flexibility index (Phi) is 5.30. The lowest BCUT2D eigenvalue weighted by molar-refractivity contribution is 0.0752. The van der Waals surface area contributed by atoms with Crippen molar-refractivity contribution in [1.82, 2.24) is 9.88 Å². The maximum absolute atomic E-state index is 13.2. The Bertz CT molecular complexity index is 963. The first-order valence-electron chi connectivity index (χ1n) is 9.37. The van der Waals surface area contributed by atoms with Crippen molar-refractivity contribution in [3.05, 3.63) is 64.5 Å². The van der Waals surface area contributed by atoms with Gasteiger partial charge < -0.3 is 14.5 Å². The van der Waals surface area contributed by atoms with Gasteiger partial charge in [0.25, 0.3) is 5.91 Å². The van der Waals surface area contributed by atoms with E-state index < -0.39 is 0 Å². The summed E-state index contributed by atoms with van der Waals surface area (Å²) in [5.74, 6) is 0.941. The van der Waals surface area contributed by atoms with Gasteiger partial charge in [0.05, 0.1) is 23.5 Å². The third-order valence-electron chi connectivity index (χ3n) is 4.97. The van der Waals surface area contributed by atoms with E-state index in [0.29, 0.717) is 13.1 Å². The van der Waals surface area contributed by atoms with Crippen molar-refractivity contribution in [2.24, 2.45) is 0 Å². The molecule has 5 nitrogen and oxygen atoms in total. The van der Waals surface area contributed by atoms with Crippen LogP contribution < -0.4 is 9.64 Å². The van der Waals surface area contributed by atoms with Crippen LogP contribution in [0.15, 0.2) is 54.6 Å². The average Bonchev–Trinajstić information content (AvgIpc) is 3.15. The largest absolute Gasteiger partial charge is 0.495 e. The van der Waals surface area contributed by atoms with Crippen LogP contribution in [0.2, 0.25) is 0 Å². The van der Waals surface area contributed by atoms with Gasteiger partial charge in [-0.3, -0.25) is 4.79 Å². The molecule has 0 atom stereocenters. The molecule has 2 heterocycles. The topological polar surface area (TPSA) is 45.7 Å². The zero-order chi connectivity index (χ0) is 19.5. The number of nitrogens with zero attached hydrogens (tertiary/aromatic N) is 3. The monoisotopic (exact) mass is 393 g/mol. The Morgan fingerprint density at radius 2 is 1.68 bits per heavy atom. The van der Waals surface area contributed by atoms with Gasteiger partial charge in [0, 0.05) is 31.7 Å². The van der Waals surface area contributed by atoms with Gasteiger partial charge in [0.2, 0.25) is 0 Å². The highest BCUT2D eigenvalue weighted by atomic mass is 32.1. The van der Waals surface area contributed by atoms with Crippen LogP contribution >= 0.6 is 11.3 Å². The molecule has 3 aromatic rings. The number of carbonyl (C=O) groups is 1. The van der Waals surface area contributed by atoms with E-state index in [-0.39, 0.29) is 5.91 Å². The van der Waals surface area contributed by atoms with Crippen molar-refractivity contribution in [2.75, 3.05) is 38.2 Å². The van der Waals surface area contributed by atoms with E-state index in [1.807, 2.05) is 60.4 Å². The number of benzene rings is 2. The fourth-order valence-electron chi connectivity index (χ4n) is 3.55. The summed E-state index contributed by atoms with van der Waals surface area (Å²) in [6.07, 6.45) is 0. The molecule has 1 saturated heterocycles. The van der Waals surface area contributed by atoms with Crippen LogP contribution in [0.4, 0.5) is 5.69 Å². The Hall–Kier alpha value is -2.86. The third kappa shape index (κ3) is 3.60. The van der Waals surface area contributed by atoms with E-state index in [9.17, 15) is 4.79 Å². The number of amides is 1. The maximum atomic E-state index is 13.2. The van der Waals surface area contributed by atoms with Gasteiger partial charge in [-0.2, -0.15) is 0 Å². The van der Waals surface area contributed by atoms with Gasteiger partial charge in [-0.25, -0.2) is 4.98 Å². The number of anilines is 1. The van der Waals surface area contributed by atoms with Crippen LogP contribution in [0, 0.1) is 6.92 Å². The average molecular weight is 394 g/mol. The number of para-hydroxylation sites is 2. The lowest BCUT2D eigenvalue weighted by Gasteiger charge is -2.36. The molecule has 28 heavy (non-hydrogen) atoms. The minimum Gasteiger partial charge on any atom is -0.495 e. The van der Waals surface area contributed by atoms with E-state index in [2.05, 4.69) is 16.0 Å². The molecular weight excluding hydrogens is 370 g/mol. The smallest absolute Gasteiger partial charge is 0.266 e. The van der Waals surface area contributed by atoms with Crippen molar-refractivity contribution >= 4 is 22.9 Å². The fraction of sp³-hybridized carbons (Fsp3) is 0.273. The van der Waals surface area contributed by atoms with Crippen molar-refractivity contribution in [3.63, 3.8) is 0 Å². The summed E-state index contributed by atoms with van der Waals surface area (Å²) in [6, 6.07) is 18.0. The number of rotatable bonds is 4. The first kappa shape index (κ1) is 18.5. The molecular formula is C22H23N3O2S. The molecule has 0 aliphatic carbocycles. The SMILES string of the molecule is COc1ccccc1N1CCN(C(=O)c2sc(C)nc2-c2ccccc2)CC1. The summed E-state index contributed by atoms with van der Waals surface area (Å²) in [5.41, 5.74) is 2.86. The van der Waals surface area contributed by atoms with Crippen LogP contribution in [-0.2, 0) is 0 Å². The predicted octanol–water partition coefficient (Wildman–Crippen LogP) is 4.09. The summed E-state index contributed by atoms with van der Waals surface area (Å²) in [4.78, 5) is 22.8. The normalized spacial score (nSPS) is 14.2. The van der Waals surface area contributed by atoms with Gasteiger partial charge in [-0.1, -0.05) is 42.5 Å². The second-order valence-corrected chi connectivity index (χ2v) is 7.93. The summed E-state index contributed by atoms with van der Waals surface area (Å²) < 4.78 is 5.48. The first-order chi connectivity index (χ1) is 13.7. The molecule has 4 rings (SSSR count). The number of thiazole rings is 1. The van der Waals surface area contributed by atoms with Crippen molar-refractivity contribution in [3.8, 4) is 17.0 Å². The Balaban J connectivity index is 1.51. The Labute approximate surface area is 169 Å². The van der Waals surface area contributed by atoms with Crippen LogP contribution in [-0.4, -0.2) is 49.1 Å². The number of hydrogen-bond acceptors (Lipinski definition) is 5. The van der Waals surface area contributed by atoms with Crippen LogP contribution in [0.25, 0.3) is 11.3 Å². The van der Waals surface area contributed by atoms with Gasteiger partial charge in [0.15, 0.2) is 0 Å². The van der Waals surface area contributed by atoms with Crippen LogP contribution in [0.5, 0.6) is 5.75 Å². The zero-order valence-corrected chi connectivity index (χ0v) is 16.9. The third-order valence-corrected chi connectivity index (χ3v) is 5.93. The molecule has 1 aliphatic rings. The number of carbonyl (C=O) groups excluding carboxylic acids is 1. The molecule has 1 aliphatic heterocycles. The van der Waals surface area contributed by atoms with Gasteiger partial charge in [-0.15, -0.1) is 11.3 Å². The summed E-state index contributed by atoms with van der Waals surface area (Å²) in [7, 11) is 1.69. The molecule has 0 N–H and O–H groups in total. The number of aromatic nitrogens is 1. The second-order valence-electron chi connectivity index (χ2n) is 6.73. The maximum Gasteiger partial charge on any atom is 0.266 e. The fourth-order valence-corrected chi connectivity index (χ4v) is 4.46. The van der Waals surface area contributed by atoms with Gasteiger partial charge in [-0.05, 0) is 19.1 Å². The highest BCUT2D eigenvalue weighted by Crippen LogP contribution is 2.31. The van der Waals surface area contributed by atoms with E-state index >= 15 is 0 Å². The molecule has 1 aromatic heterocycles. The lowest BCUT2D eigenvalue weighted by Crippen LogP contribution is -2.48. The Morgan fingerprint density at radius 3 is 2.39 bits per heavy atom. The molecule has 0 saturated carbocycles. The number of methoxy groups -OCH3 is 1. The molecule has 1 amide bonds. The number of aryl methyl sites for hydroxylation is 1. The molecule has 144 valence electrons. The van der Waals surface area contributed by atoms with Crippen molar-refractivity contribution in [1.29, 1.82) is 0 Å². The summed E-state index contributed by atoms with van der Waals surface area (Å²) in [6.45, 7) is 4.88. The standard InChI is InChI=1S/C22H23N3O2S/c1-16-23-20(17-8-4-3-5-9-17)21(28-16)22(26)25-14-12-24(13-15-25)18-10-6-7-11-19(18)27-2/h3-11H,12-15H2,1-2H3. The Morgan fingerprint density at radius 1 is 1.00 bits per heavy atom.